The van der Waals surface area contributed by atoms with E-state index in [9.17, 15) is 0 Å². The van der Waals surface area contributed by atoms with Crippen LogP contribution >= 0.6 is 15.9 Å². The van der Waals surface area contributed by atoms with Gasteiger partial charge >= 0.3 is 0 Å². The highest BCUT2D eigenvalue weighted by Gasteiger charge is 2.09. The molecule has 0 aromatic heterocycles. The SMILES string of the molecule is COc1ccccc1CNc1c(C)cc(Br)cc1OC. The van der Waals surface area contributed by atoms with E-state index in [2.05, 4.69) is 34.2 Å². The molecule has 0 heterocycles. The molecule has 0 spiro atoms. The van der Waals surface area contributed by atoms with Crippen LogP contribution in [0.1, 0.15) is 11.1 Å². The lowest BCUT2D eigenvalue weighted by Gasteiger charge is -2.16. The number of halogens is 1. The first-order chi connectivity index (χ1) is 9.65. The molecule has 2 rings (SSSR count). The summed E-state index contributed by atoms with van der Waals surface area (Å²) in [6.45, 7) is 2.74. The van der Waals surface area contributed by atoms with Gasteiger partial charge in [-0.05, 0) is 30.7 Å². The first-order valence-corrected chi connectivity index (χ1v) is 7.15. The molecule has 0 atom stereocenters. The van der Waals surface area contributed by atoms with Crippen molar-refractivity contribution in [1.82, 2.24) is 0 Å². The Morgan fingerprint density at radius 3 is 2.45 bits per heavy atom. The second-order valence-corrected chi connectivity index (χ2v) is 5.38. The summed E-state index contributed by atoms with van der Waals surface area (Å²) in [5.41, 5.74) is 3.24. The third-order valence-electron chi connectivity index (χ3n) is 3.13. The number of hydrogen-bond donors (Lipinski definition) is 1. The molecule has 0 saturated heterocycles. The molecule has 0 bridgehead atoms. The number of para-hydroxylation sites is 1. The summed E-state index contributed by atoms with van der Waals surface area (Å²) in [4.78, 5) is 0. The lowest BCUT2D eigenvalue weighted by molar-refractivity contribution is 0.409. The van der Waals surface area contributed by atoms with Gasteiger partial charge in [0.15, 0.2) is 0 Å². The highest BCUT2D eigenvalue weighted by atomic mass is 79.9. The van der Waals surface area contributed by atoms with E-state index in [4.69, 9.17) is 9.47 Å². The Kier molecular flexibility index (Phi) is 4.90. The molecular weight excluding hydrogens is 318 g/mol. The van der Waals surface area contributed by atoms with Gasteiger partial charge in [0.2, 0.25) is 0 Å². The van der Waals surface area contributed by atoms with E-state index < -0.39 is 0 Å². The minimum atomic E-state index is 0.683. The largest absolute Gasteiger partial charge is 0.496 e. The number of anilines is 1. The normalized spacial score (nSPS) is 10.2. The maximum Gasteiger partial charge on any atom is 0.143 e. The van der Waals surface area contributed by atoms with E-state index in [1.807, 2.05) is 30.3 Å². The fourth-order valence-corrected chi connectivity index (χ4v) is 2.68. The van der Waals surface area contributed by atoms with Gasteiger partial charge in [-0.15, -0.1) is 0 Å². The quantitative estimate of drug-likeness (QED) is 0.879. The Morgan fingerprint density at radius 2 is 1.75 bits per heavy atom. The molecule has 0 aliphatic rings. The van der Waals surface area contributed by atoms with Crippen molar-refractivity contribution in [3.05, 3.63) is 52.0 Å². The van der Waals surface area contributed by atoms with Crippen molar-refractivity contribution >= 4 is 21.6 Å². The van der Waals surface area contributed by atoms with E-state index in [0.717, 1.165) is 32.8 Å². The van der Waals surface area contributed by atoms with Gasteiger partial charge in [-0.2, -0.15) is 0 Å². The maximum atomic E-state index is 5.43. The van der Waals surface area contributed by atoms with Crippen LogP contribution in [0.4, 0.5) is 5.69 Å². The summed E-state index contributed by atoms with van der Waals surface area (Å²) in [6, 6.07) is 12.0. The van der Waals surface area contributed by atoms with Gasteiger partial charge in [-0.25, -0.2) is 0 Å². The number of benzene rings is 2. The van der Waals surface area contributed by atoms with Gasteiger partial charge in [-0.3, -0.25) is 0 Å². The molecule has 2 aromatic rings. The van der Waals surface area contributed by atoms with Crippen molar-refractivity contribution in [3.63, 3.8) is 0 Å². The third-order valence-corrected chi connectivity index (χ3v) is 3.59. The van der Waals surface area contributed by atoms with Crippen molar-refractivity contribution < 1.29 is 9.47 Å². The number of rotatable bonds is 5. The van der Waals surface area contributed by atoms with Crippen molar-refractivity contribution in [3.8, 4) is 11.5 Å². The van der Waals surface area contributed by atoms with E-state index in [0.29, 0.717) is 6.54 Å². The summed E-state index contributed by atoms with van der Waals surface area (Å²) in [6.07, 6.45) is 0. The fourth-order valence-electron chi connectivity index (χ4n) is 2.13. The monoisotopic (exact) mass is 335 g/mol. The number of aryl methyl sites for hydroxylation is 1. The Bertz CT molecular complexity index is 599. The van der Waals surface area contributed by atoms with Crippen LogP contribution in [-0.4, -0.2) is 14.2 Å². The molecule has 106 valence electrons. The summed E-state index contributed by atoms with van der Waals surface area (Å²) < 4.78 is 11.8. The predicted molar refractivity (Wildman–Crippen MR) is 85.8 cm³/mol. The molecule has 0 amide bonds. The smallest absolute Gasteiger partial charge is 0.143 e. The lowest BCUT2D eigenvalue weighted by atomic mass is 10.1. The average molecular weight is 336 g/mol. The number of ether oxygens (including phenoxy) is 2. The number of hydrogen-bond acceptors (Lipinski definition) is 3. The van der Waals surface area contributed by atoms with E-state index in [1.54, 1.807) is 14.2 Å². The Morgan fingerprint density at radius 1 is 1.05 bits per heavy atom. The molecule has 0 aliphatic carbocycles. The highest BCUT2D eigenvalue weighted by Crippen LogP contribution is 2.32. The molecule has 4 heteroatoms. The van der Waals surface area contributed by atoms with Gasteiger partial charge in [0.1, 0.15) is 11.5 Å². The topological polar surface area (TPSA) is 30.5 Å². The fraction of sp³-hybridized carbons (Fsp3) is 0.250. The van der Waals surface area contributed by atoms with Gasteiger partial charge in [-0.1, -0.05) is 34.1 Å². The van der Waals surface area contributed by atoms with Crippen LogP contribution in [0.15, 0.2) is 40.9 Å². The lowest BCUT2D eigenvalue weighted by Crippen LogP contribution is -2.04. The number of nitrogens with one attached hydrogen (secondary N) is 1. The zero-order valence-electron chi connectivity index (χ0n) is 11.9. The molecular formula is C16H18BrNO2. The molecule has 3 nitrogen and oxygen atoms in total. The second kappa shape index (κ2) is 6.66. The molecule has 1 N–H and O–H groups in total. The van der Waals surface area contributed by atoms with Crippen LogP contribution < -0.4 is 14.8 Å². The van der Waals surface area contributed by atoms with Gasteiger partial charge < -0.3 is 14.8 Å². The molecule has 0 unspecified atom stereocenters. The Balaban J connectivity index is 2.23. The van der Waals surface area contributed by atoms with Gasteiger partial charge in [0, 0.05) is 16.6 Å². The van der Waals surface area contributed by atoms with Crippen molar-refractivity contribution in [2.45, 2.75) is 13.5 Å². The zero-order valence-corrected chi connectivity index (χ0v) is 13.5. The Labute approximate surface area is 128 Å². The molecule has 0 aliphatic heterocycles. The van der Waals surface area contributed by atoms with Crippen molar-refractivity contribution in [2.75, 3.05) is 19.5 Å². The van der Waals surface area contributed by atoms with Gasteiger partial charge in [0.05, 0.1) is 19.9 Å². The second-order valence-electron chi connectivity index (χ2n) is 4.47. The minimum Gasteiger partial charge on any atom is -0.496 e. The Hall–Kier alpha value is -1.68. The van der Waals surface area contributed by atoms with Crippen LogP contribution in [0.3, 0.4) is 0 Å². The summed E-state index contributed by atoms with van der Waals surface area (Å²) in [5, 5.41) is 3.42. The van der Waals surface area contributed by atoms with Crippen LogP contribution in [-0.2, 0) is 6.54 Å². The highest BCUT2D eigenvalue weighted by molar-refractivity contribution is 9.10. The van der Waals surface area contributed by atoms with Gasteiger partial charge in [0.25, 0.3) is 0 Å². The van der Waals surface area contributed by atoms with E-state index >= 15 is 0 Å². The summed E-state index contributed by atoms with van der Waals surface area (Å²) in [7, 11) is 3.36. The molecule has 0 saturated carbocycles. The number of methoxy groups -OCH3 is 2. The van der Waals surface area contributed by atoms with Crippen molar-refractivity contribution in [2.24, 2.45) is 0 Å². The standard InChI is InChI=1S/C16H18BrNO2/c1-11-8-13(17)9-15(20-3)16(11)18-10-12-6-4-5-7-14(12)19-2/h4-9,18H,10H2,1-3H3. The molecule has 20 heavy (non-hydrogen) atoms. The van der Waals surface area contributed by atoms with Crippen molar-refractivity contribution in [1.29, 1.82) is 0 Å². The van der Waals surface area contributed by atoms with Crippen LogP contribution in [0.5, 0.6) is 11.5 Å². The average Bonchev–Trinajstić information content (AvgIpc) is 2.45. The first kappa shape index (κ1) is 14.7. The minimum absolute atomic E-state index is 0.683. The zero-order chi connectivity index (χ0) is 14.5. The summed E-state index contributed by atoms with van der Waals surface area (Å²) >= 11 is 3.48. The van der Waals surface area contributed by atoms with Crippen LogP contribution in [0, 0.1) is 6.92 Å². The van der Waals surface area contributed by atoms with E-state index in [1.165, 1.54) is 0 Å². The maximum absolute atomic E-state index is 5.43. The molecule has 2 aromatic carbocycles. The first-order valence-electron chi connectivity index (χ1n) is 6.35. The van der Waals surface area contributed by atoms with E-state index in [-0.39, 0.29) is 0 Å². The van der Waals surface area contributed by atoms with Crippen LogP contribution in [0.2, 0.25) is 0 Å². The molecule has 0 fully saturated rings. The predicted octanol–water partition coefficient (Wildman–Crippen LogP) is 4.39. The molecule has 0 radical (unpaired) electrons. The third kappa shape index (κ3) is 3.25. The summed E-state index contributed by atoms with van der Waals surface area (Å²) in [5.74, 6) is 1.71. The van der Waals surface area contributed by atoms with Crippen LogP contribution in [0.25, 0.3) is 0 Å².